The molecule has 0 aromatic carbocycles. The van der Waals surface area contributed by atoms with E-state index in [0.717, 1.165) is 31.8 Å². The Hall–Kier alpha value is -1.85. The van der Waals surface area contributed by atoms with Gasteiger partial charge in [0.25, 0.3) is 0 Å². The second-order valence-electron chi connectivity index (χ2n) is 5.66. The van der Waals surface area contributed by atoms with E-state index in [4.69, 9.17) is 14.6 Å². The van der Waals surface area contributed by atoms with Crippen LogP contribution in [0.5, 0.6) is 0 Å². The van der Waals surface area contributed by atoms with Crippen LogP contribution in [-0.2, 0) is 23.9 Å². The molecule has 0 heterocycles. The smallest absolute Gasteiger partial charge is 0.332 e. The van der Waals surface area contributed by atoms with Crippen LogP contribution in [0, 0.1) is 0 Å². The molecule has 0 radical (unpaired) electrons. The lowest BCUT2D eigenvalue weighted by Gasteiger charge is -2.06. The van der Waals surface area contributed by atoms with Gasteiger partial charge in [-0.1, -0.05) is 52.4 Å². The highest BCUT2D eigenvalue weighted by molar-refractivity contribution is 5.98. The molecule has 0 saturated heterocycles. The van der Waals surface area contributed by atoms with E-state index in [1.165, 1.54) is 19.3 Å². The van der Waals surface area contributed by atoms with Crippen LogP contribution in [0.2, 0.25) is 0 Å². The van der Waals surface area contributed by atoms with E-state index in [1.54, 1.807) is 0 Å². The zero-order valence-corrected chi connectivity index (χ0v) is 14.8. The van der Waals surface area contributed by atoms with Gasteiger partial charge in [0.15, 0.2) is 0 Å². The zero-order valence-electron chi connectivity index (χ0n) is 14.8. The molecule has 0 spiro atoms. The summed E-state index contributed by atoms with van der Waals surface area (Å²) in [7, 11) is 0. The van der Waals surface area contributed by atoms with Gasteiger partial charge in [-0.3, -0.25) is 4.79 Å². The number of aliphatic carboxylic acids is 1. The molecule has 0 bridgehead atoms. The molecule has 0 fully saturated rings. The summed E-state index contributed by atoms with van der Waals surface area (Å²) in [6, 6.07) is 0. The van der Waals surface area contributed by atoms with Crippen molar-refractivity contribution >= 4 is 17.9 Å². The van der Waals surface area contributed by atoms with Crippen molar-refractivity contribution in [3.05, 3.63) is 11.6 Å². The Balaban J connectivity index is 4.10. The summed E-state index contributed by atoms with van der Waals surface area (Å²) < 4.78 is 9.87. The molecule has 24 heavy (non-hydrogen) atoms. The minimum Gasteiger partial charge on any atom is -0.478 e. The van der Waals surface area contributed by atoms with E-state index >= 15 is 0 Å². The lowest BCUT2D eigenvalue weighted by atomic mass is 10.1. The minimum absolute atomic E-state index is 0.237. The van der Waals surface area contributed by atoms with Gasteiger partial charge >= 0.3 is 17.9 Å². The number of hydrogen-bond acceptors (Lipinski definition) is 5. The number of ether oxygens (including phenoxy) is 2. The Morgan fingerprint density at radius 2 is 1.42 bits per heavy atom. The fourth-order valence-electron chi connectivity index (χ4n) is 1.96. The fourth-order valence-corrected chi connectivity index (χ4v) is 1.96. The predicted molar refractivity (Wildman–Crippen MR) is 90.5 cm³/mol. The van der Waals surface area contributed by atoms with Crippen molar-refractivity contribution in [3.8, 4) is 0 Å². The van der Waals surface area contributed by atoms with Gasteiger partial charge in [0, 0.05) is 6.08 Å². The summed E-state index contributed by atoms with van der Waals surface area (Å²) in [5, 5.41) is 9.05. The average Bonchev–Trinajstić information content (AvgIpc) is 2.53. The third-order valence-corrected chi connectivity index (χ3v) is 3.40. The van der Waals surface area contributed by atoms with Gasteiger partial charge < -0.3 is 14.6 Å². The quantitative estimate of drug-likeness (QED) is 0.294. The van der Waals surface area contributed by atoms with Crippen molar-refractivity contribution in [2.45, 2.75) is 71.6 Å². The van der Waals surface area contributed by atoms with Crippen LogP contribution in [0.4, 0.5) is 0 Å². The van der Waals surface area contributed by atoms with Crippen LogP contribution in [0.1, 0.15) is 71.6 Å². The molecule has 0 aromatic rings. The molecule has 0 aliphatic carbocycles. The largest absolute Gasteiger partial charge is 0.478 e. The molecule has 0 aliphatic heterocycles. The van der Waals surface area contributed by atoms with E-state index in [-0.39, 0.29) is 18.8 Å². The van der Waals surface area contributed by atoms with Gasteiger partial charge in [0.1, 0.15) is 0 Å². The summed E-state index contributed by atoms with van der Waals surface area (Å²) in [5.74, 6) is -2.71. The van der Waals surface area contributed by atoms with Gasteiger partial charge in [-0.15, -0.1) is 0 Å². The Morgan fingerprint density at radius 3 is 2.04 bits per heavy atom. The maximum absolute atomic E-state index is 11.7. The monoisotopic (exact) mass is 342 g/mol. The van der Waals surface area contributed by atoms with Crippen molar-refractivity contribution in [2.75, 3.05) is 13.2 Å². The molecular weight excluding hydrogens is 312 g/mol. The first-order chi connectivity index (χ1) is 11.5. The van der Waals surface area contributed by atoms with Gasteiger partial charge in [0.05, 0.1) is 25.2 Å². The first-order valence-electron chi connectivity index (χ1n) is 8.77. The Kier molecular flexibility index (Phi) is 13.6. The molecule has 0 aromatic heterocycles. The van der Waals surface area contributed by atoms with E-state index in [9.17, 15) is 14.4 Å². The molecule has 6 heteroatoms. The standard InChI is InChI=1S/C18H30O6/c1-3-5-7-8-9-10-12-24-17(20)14-15(18(21)22)13-16(19)23-11-6-4-2/h13H,3-12,14H2,1-2H3,(H,21,22). The summed E-state index contributed by atoms with van der Waals surface area (Å²) in [6.07, 6.45) is 8.42. The van der Waals surface area contributed by atoms with Crippen LogP contribution < -0.4 is 0 Å². The van der Waals surface area contributed by atoms with E-state index in [0.29, 0.717) is 6.42 Å². The molecule has 0 aliphatic rings. The Morgan fingerprint density at radius 1 is 0.833 bits per heavy atom. The SMILES string of the molecule is CCCCCCCCOC(=O)CC(=CC(=O)OCCCC)C(=O)O. The van der Waals surface area contributed by atoms with Gasteiger partial charge in [-0.05, 0) is 12.8 Å². The van der Waals surface area contributed by atoms with Crippen LogP contribution in [0.3, 0.4) is 0 Å². The molecule has 138 valence electrons. The fraction of sp³-hybridized carbons (Fsp3) is 0.722. The maximum Gasteiger partial charge on any atom is 0.332 e. The number of carbonyl (C=O) groups excluding carboxylic acids is 2. The van der Waals surface area contributed by atoms with Crippen molar-refractivity contribution in [1.82, 2.24) is 0 Å². The molecule has 1 N–H and O–H groups in total. The van der Waals surface area contributed by atoms with Crippen molar-refractivity contribution < 1.29 is 29.0 Å². The van der Waals surface area contributed by atoms with Crippen LogP contribution >= 0.6 is 0 Å². The molecule has 6 nitrogen and oxygen atoms in total. The normalized spacial score (nSPS) is 11.2. The van der Waals surface area contributed by atoms with E-state index in [2.05, 4.69) is 6.92 Å². The van der Waals surface area contributed by atoms with Crippen molar-refractivity contribution in [2.24, 2.45) is 0 Å². The first kappa shape index (κ1) is 22.1. The number of rotatable bonds is 14. The second-order valence-corrected chi connectivity index (χ2v) is 5.66. The summed E-state index contributed by atoms with van der Waals surface area (Å²) >= 11 is 0. The summed E-state index contributed by atoms with van der Waals surface area (Å²) in [6.45, 7) is 4.61. The summed E-state index contributed by atoms with van der Waals surface area (Å²) in [4.78, 5) is 34.2. The topological polar surface area (TPSA) is 89.9 Å². The molecule has 0 unspecified atom stereocenters. The number of carboxylic acids is 1. The average molecular weight is 342 g/mol. The van der Waals surface area contributed by atoms with Crippen LogP contribution in [0.25, 0.3) is 0 Å². The number of carbonyl (C=O) groups is 3. The van der Waals surface area contributed by atoms with E-state index < -0.39 is 24.3 Å². The third kappa shape index (κ3) is 12.7. The Labute approximate surface area is 144 Å². The highest BCUT2D eigenvalue weighted by atomic mass is 16.5. The number of esters is 2. The number of hydrogen-bond donors (Lipinski definition) is 1. The molecule has 0 rings (SSSR count). The van der Waals surface area contributed by atoms with Crippen molar-refractivity contribution in [3.63, 3.8) is 0 Å². The highest BCUT2D eigenvalue weighted by Gasteiger charge is 2.16. The number of carboxylic acid groups (broad SMARTS) is 1. The molecule has 0 atom stereocenters. The first-order valence-corrected chi connectivity index (χ1v) is 8.77. The second kappa shape index (κ2) is 14.7. The Bertz CT molecular complexity index is 414. The highest BCUT2D eigenvalue weighted by Crippen LogP contribution is 2.08. The van der Waals surface area contributed by atoms with Gasteiger partial charge in [0.2, 0.25) is 0 Å². The minimum atomic E-state index is -1.32. The molecule has 0 saturated carbocycles. The molecular formula is C18H30O6. The zero-order chi connectivity index (χ0) is 18.2. The van der Waals surface area contributed by atoms with Gasteiger partial charge in [-0.25, -0.2) is 9.59 Å². The van der Waals surface area contributed by atoms with Crippen LogP contribution in [0.15, 0.2) is 11.6 Å². The maximum atomic E-state index is 11.7. The van der Waals surface area contributed by atoms with E-state index in [1.807, 2.05) is 6.92 Å². The predicted octanol–water partition coefficient (Wildman–Crippen LogP) is 3.63. The van der Waals surface area contributed by atoms with Crippen molar-refractivity contribution in [1.29, 1.82) is 0 Å². The van der Waals surface area contributed by atoms with Crippen LogP contribution in [-0.4, -0.2) is 36.2 Å². The third-order valence-electron chi connectivity index (χ3n) is 3.40. The molecule has 0 amide bonds. The lowest BCUT2D eigenvalue weighted by Crippen LogP contribution is -2.14. The van der Waals surface area contributed by atoms with Gasteiger partial charge in [-0.2, -0.15) is 0 Å². The lowest BCUT2D eigenvalue weighted by molar-refractivity contribution is -0.145. The number of unbranched alkanes of at least 4 members (excludes halogenated alkanes) is 6. The summed E-state index contributed by atoms with van der Waals surface area (Å²) in [5.41, 5.74) is -0.315.